The zero-order chi connectivity index (χ0) is 7.98. The molecule has 0 aliphatic carbocycles. The minimum absolute atomic E-state index is 0.0254. The molecule has 0 aliphatic rings. The maximum atomic E-state index is 5.45. The van der Waals surface area contributed by atoms with Crippen LogP contribution in [0.15, 0.2) is 4.99 Å². The van der Waals surface area contributed by atoms with Gasteiger partial charge in [-0.2, -0.15) is 0 Å². The molecule has 0 spiro atoms. The predicted octanol–water partition coefficient (Wildman–Crippen LogP) is -0.266. The summed E-state index contributed by atoms with van der Waals surface area (Å²) in [4.78, 5) is 4.07. The fraction of sp³-hybridized carbons (Fsp3) is 0.800. The number of amidine groups is 1. The van der Waals surface area contributed by atoms with Crippen molar-refractivity contribution in [2.75, 3.05) is 13.3 Å². The molecule has 5 heteroatoms. The van der Waals surface area contributed by atoms with Crippen LogP contribution in [0, 0.1) is 0 Å². The van der Waals surface area contributed by atoms with Gasteiger partial charge in [-0.25, -0.2) is 10.4 Å². The highest BCUT2D eigenvalue weighted by Crippen LogP contribution is 1.92. The quantitative estimate of drug-likeness (QED) is 0.304. The van der Waals surface area contributed by atoms with E-state index in [9.17, 15) is 0 Å². The molecule has 0 saturated carbocycles. The number of hydrogen-bond donors (Lipinski definition) is 3. The van der Waals surface area contributed by atoms with Crippen molar-refractivity contribution in [2.45, 2.75) is 13.1 Å². The number of rotatable bonds is 3. The van der Waals surface area contributed by atoms with E-state index in [4.69, 9.17) is 5.73 Å². The lowest BCUT2D eigenvalue weighted by Crippen LogP contribution is -2.35. The number of aliphatic imine (C=N–C) groups is 1. The Morgan fingerprint density at radius 1 is 1.70 bits per heavy atom. The molecule has 0 aliphatic heterocycles. The molecule has 0 fully saturated rings. The first-order chi connectivity index (χ1) is 4.70. The van der Waals surface area contributed by atoms with Gasteiger partial charge < -0.3 is 5.73 Å². The fourth-order valence-corrected chi connectivity index (χ4v) is 0.748. The average molecular weight is 162 g/mol. The molecule has 0 radical (unpaired) electrons. The highest BCUT2D eigenvalue weighted by Gasteiger charge is 1.94. The monoisotopic (exact) mass is 162 g/mol. The van der Waals surface area contributed by atoms with Gasteiger partial charge in [0.15, 0.2) is 5.17 Å². The second kappa shape index (κ2) is 5.52. The Bertz CT molecular complexity index is 114. The molecular formula is C5H14N4S. The van der Waals surface area contributed by atoms with Gasteiger partial charge >= 0.3 is 0 Å². The molecule has 1 atom stereocenters. The number of thioether (sulfide) groups is 1. The molecule has 0 aromatic rings. The van der Waals surface area contributed by atoms with Gasteiger partial charge in [0.1, 0.15) is 6.17 Å². The number of nitrogens with two attached hydrogens (primary N) is 1. The molecule has 60 valence electrons. The molecule has 0 rings (SSSR count). The van der Waals surface area contributed by atoms with Crippen molar-refractivity contribution in [3.63, 3.8) is 0 Å². The average Bonchev–Trinajstić information content (AvgIpc) is 1.88. The minimum atomic E-state index is 0.0254. The number of hydrazine groups is 1. The maximum absolute atomic E-state index is 5.45. The Balaban J connectivity index is 3.62. The van der Waals surface area contributed by atoms with E-state index in [1.807, 2.05) is 13.2 Å². The SMILES string of the molecule is CNNC(C)N=C(N)SC. The van der Waals surface area contributed by atoms with Crippen LogP contribution in [0.4, 0.5) is 0 Å². The first-order valence-corrected chi connectivity index (χ1v) is 4.22. The van der Waals surface area contributed by atoms with Crippen molar-refractivity contribution in [1.29, 1.82) is 0 Å². The fourth-order valence-electron chi connectivity index (χ4n) is 0.485. The molecule has 0 aromatic carbocycles. The Morgan fingerprint density at radius 3 is 2.70 bits per heavy atom. The molecule has 0 saturated heterocycles. The van der Waals surface area contributed by atoms with Gasteiger partial charge in [-0.05, 0) is 20.2 Å². The van der Waals surface area contributed by atoms with Crippen molar-refractivity contribution >= 4 is 16.9 Å². The smallest absolute Gasteiger partial charge is 0.155 e. The summed E-state index contributed by atoms with van der Waals surface area (Å²) < 4.78 is 0. The molecule has 0 bridgehead atoms. The number of nitrogens with one attached hydrogen (secondary N) is 2. The van der Waals surface area contributed by atoms with Crippen LogP contribution < -0.4 is 16.6 Å². The summed E-state index contributed by atoms with van der Waals surface area (Å²) in [6.45, 7) is 1.92. The Hall–Kier alpha value is -0.260. The minimum Gasteiger partial charge on any atom is -0.378 e. The number of nitrogens with zero attached hydrogens (tertiary/aromatic N) is 1. The third-order valence-corrected chi connectivity index (χ3v) is 1.41. The summed E-state index contributed by atoms with van der Waals surface area (Å²) in [5, 5.41) is 0.593. The van der Waals surface area contributed by atoms with Crippen LogP contribution in [0.1, 0.15) is 6.92 Å². The molecule has 0 heterocycles. The summed E-state index contributed by atoms with van der Waals surface area (Å²) in [6.07, 6.45) is 1.92. The van der Waals surface area contributed by atoms with Gasteiger partial charge in [0.2, 0.25) is 0 Å². The van der Waals surface area contributed by atoms with Gasteiger partial charge in [-0.15, -0.1) is 0 Å². The standard InChI is InChI=1S/C5H14N4S/c1-4(9-7-2)8-5(6)10-3/h4,7,9H,1-3H3,(H2,6,8). The van der Waals surface area contributed by atoms with Crippen molar-refractivity contribution in [1.82, 2.24) is 10.9 Å². The Labute approximate surface area is 65.6 Å². The summed E-state index contributed by atoms with van der Waals surface area (Å²) >= 11 is 1.44. The molecule has 4 nitrogen and oxygen atoms in total. The highest BCUT2D eigenvalue weighted by molar-refractivity contribution is 8.13. The van der Waals surface area contributed by atoms with Crippen LogP contribution in [0.3, 0.4) is 0 Å². The van der Waals surface area contributed by atoms with Crippen LogP contribution in [0.25, 0.3) is 0 Å². The van der Waals surface area contributed by atoms with E-state index in [1.165, 1.54) is 11.8 Å². The number of hydrogen-bond acceptors (Lipinski definition) is 4. The van der Waals surface area contributed by atoms with Crippen molar-refractivity contribution in [3.05, 3.63) is 0 Å². The second-order valence-corrected chi connectivity index (χ2v) is 2.57. The van der Waals surface area contributed by atoms with Crippen LogP contribution in [-0.4, -0.2) is 24.6 Å². The lowest BCUT2D eigenvalue weighted by atomic mass is 10.6. The van der Waals surface area contributed by atoms with Gasteiger partial charge in [-0.3, -0.25) is 5.43 Å². The Morgan fingerprint density at radius 2 is 2.30 bits per heavy atom. The molecule has 0 aromatic heterocycles. The van der Waals surface area contributed by atoms with E-state index in [1.54, 1.807) is 7.05 Å². The summed E-state index contributed by atoms with van der Waals surface area (Å²) in [6, 6.07) is 0. The molecule has 1 unspecified atom stereocenters. The summed E-state index contributed by atoms with van der Waals surface area (Å²) in [5.74, 6) is 0. The van der Waals surface area contributed by atoms with Crippen LogP contribution in [-0.2, 0) is 0 Å². The van der Waals surface area contributed by atoms with Crippen molar-refractivity contribution < 1.29 is 0 Å². The molecule has 0 amide bonds. The lowest BCUT2D eigenvalue weighted by molar-refractivity contribution is 0.504. The first-order valence-electron chi connectivity index (χ1n) is 3.00. The third kappa shape index (κ3) is 4.60. The third-order valence-electron chi connectivity index (χ3n) is 0.883. The zero-order valence-corrected chi connectivity index (χ0v) is 7.33. The van der Waals surface area contributed by atoms with E-state index in [0.717, 1.165) is 0 Å². The van der Waals surface area contributed by atoms with E-state index in [2.05, 4.69) is 15.8 Å². The normalized spacial score (nSPS) is 15.3. The maximum Gasteiger partial charge on any atom is 0.155 e. The van der Waals surface area contributed by atoms with E-state index >= 15 is 0 Å². The highest BCUT2D eigenvalue weighted by atomic mass is 32.2. The predicted molar refractivity (Wildman–Crippen MR) is 46.8 cm³/mol. The molecule has 4 N–H and O–H groups in total. The van der Waals surface area contributed by atoms with Gasteiger partial charge in [0.25, 0.3) is 0 Å². The summed E-state index contributed by atoms with van der Waals surface area (Å²) in [7, 11) is 1.79. The second-order valence-electron chi connectivity index (χ2n) is 1.74. The first kappa shape index (κ1) is 9.74. The molecule has 10 heavy (non-hydrogen) atoms. The lowest BCUT2D eigenvalue weighted by Gasteiger charge is -2.07. The molecular weight excluding hydrogens is 148 g/mol. The van der Waals surface area contributed by atoms with Crippen LogP contribution in [0.5, 0.6) is 0 Å². The summed E-state index contributed by atoms with van der Waals surface area (Å²) in [5.41, 5.74) is 11.1. The zero-order valence-electron chi connectivity index (χ0n) is 6.51. The van der Waals surface area contributed by atoms with Crippen LogP contribution in [0.2, 0.25) is 0 Å². The van der Waals surface area contributed by atoms with E-state index in [-0.39, 0.29) is 6.17 Å². The van der Waals surface area contributed by atoms with E-state index in [0.29, 0.717) is 5.17 Å². The topological polar surface area (TPSA) is 62.4 Å². The van der Waals surface area contributed by atoms with Gasteiger partial charge in [0, 0.05) is 0 Å². The van der Waals surface area contributed by atoms with Crippen LogP contribution >= 0.6 is 11.8 Å². The van der Waals surface area contributed by atoms with Crippen molar-refractivity contribution in [2.24, 2.45) is 10.7 Å². The van der Waals surface area contributed by atoms with Gasteiger partial charge in [-0.1, -0.05) is 11.8 Å². The largest absolute Gasteiger partial charge is 0.378 e. The van der Waals surface area contributed by atoms with E-state index < -0.39 is 0 Å². The van der Waals surface area contributed by atoms with Gasteiger partial charge in [0.05, 0.1) is 0 Å². The Kier molecular flexibility index (Phi) is 5.38. The van der Waals surface area contributed by atoms with Crippen molar-refractivity contribution in [3.8, 4) is 0 Å².